The Labute approximate surface area is 92.2 Å². The Morgan fingerprint density at radius 3 is 2.12 bits per heavy atom. The quantitative estimate of drug-likeness (QED) is 0.825. The van der Waals surface area contributed by atoms with E-state index >= 15 is 0 Å². The highest BCUT2D eigenvalue weighted by molar-refractivity contribution is 5.64. The molecule has 16 heavy (non-hydrogen) atoms. The molecule has 0 aliphatic carbocycles. The molecule has 1 unspecified atom stereocenters. The molecule has 0 spiro atoms. The zero-order valence-electron chi connectivity index (χ0n) is 9.05. The molecule has 1 aromatic carbocycles. The van der Waals surface area contributed by atoms with Crippen molar-refractivity contribution in [2.45, 2.75) is 25.6 Å². The molecule has 88 valence electrons. The van der Waals surface area contributed by atoms with Gasteiger partial charge in [0.25, 0.3) is 0 Å². The van der Waals surface area contributed by atoms with Gasteiger partial charge in [-0.05, 0) is 31.1 Å². The zero-order valence-corrected chi connectivity index (χ0v) is 9.05. The van der Waals surface area contributed by atoms with Gasteiger partial charge in [0.15, 0.2) is 5.60 Å². The summed E-state index contributed by atoms with van der Waals surface area (Å²) in [5, 5.41) is 9.28. The fourth-order valence-electron chi connectivity index (χ4n) is 1.29. The molecule has 0 radical (unpaired) electrons. The average molecular weight is 230 g/mol. The fourth-order valence-corrected chi connectivity index (χ4v) is 1.29. The molecule has 4 heteroatoms. The average Bonchev–Trinajstić information content (AvgIpc) is 2.16. The van der Waals surface area contributed by atoms with E-state index in [9.17, 15) is 18.3 Å². The Kier molecular flexibility index (Phi) is 3.43. The second-order valence-corrected chi connectivity index (χ2v) is 3.84. The summed E-state index contributed by atoms with van der Waals surface area (Å²) in [4.78, 5) is 0. The number of hydrogen-bond acceptors (Lipinski definition) is 1. The van der Waals surface area contributed by atoms with Crippen molar-refractivity contribution in [1.82, 2.24) is 0 Å². The minimum absolute atomic E-state index is 0.392. The van der Waals surface area contributed by atoms with Crippen LogP contribution in [0.5, 0.6) is 0 Å². The monoisotopic (exact) mass is 230 g/mol. The minimum atomic E-state index is -4.66. The lowest BCUT2D eigenvalue weighted by atomic mass is 9.98. The molecule has 0 fully saturated rings. The summed E-state index contributed by atoms with van der Waals surface area (Å²) in [7, 11) is 0. The van der Waals surface area contributed by atoms with Crippen LogP contribution in [0.1, 0.15) is 19.4 Å². The number of allylic oxidation sites excluding steroid dienone is 1. The summed E-state index contributed by atoms with van der Waals surface area (Å²) in [6.07, 6.45) is -3.84. The molecule has 1 rings (SSSR count). The van der Waals surface area contributed by atoms with Gasteiger partial charge in [0.2, 0.25) is 0 Å². The predicted molar refractivity (Wildman–Crippen MR) is 56.8 cm³/mol. The van der Waals surface area contributed by atoms with E-state index in [1.165, 1.54) is 6.92 Å². The van der Waals surface area contributed by atoms with E-state index in [1.54, 1.807) is 30.3 Å². The van der Waals surface area contributed by atoms with Gasteiger partial charge < -0.3 is 5.11 Å². The number of aliphatic hydroxyl groups is 1. The van der Waals surface area contributed by atoms with E-state index in [1.807, 2.05) is 0 Å². The molecule has 1 atom stereocenters. The predicted octanol–water partition coefficient (Wildman–Crippen LogP) is 3.40. The lowest BCUT2D eigenvalue weighted by Gasteiger charge is -2.23. The first-order valence-electron chi connectivity index (χ1n) is 4.78. The van der Waals surface area contributed by atoms with Crippen LogP contribution in [0.25, 0.3) is 5.57 Å². The van der Waals surface area contributed by atoms with Crippen molar-refractivity contribution in [2.75, 3.05) is 0 Å². The van der Waals surface area contributed by atoms with E-state index in [0.717, 1.165) is 13.0 Å². The van der Waals surface area contributed by atoms with Crippen LogP contribution in [-0.4, -0.2) is 16.9 Å². The minimum Gasteiger partial charge on any atom is -0.377 e. The molecule has 1 N–H and O–H groups in total. The van der Waals surface area contributed by atoms with Crippen LogP contribution < -0.4 is 0 Å². The van der Waals surface area contributed by atoms with Crippen LogP contribution in [0, 0.1) is 0 Å². The summed E-state index contributed by atoms with van der Waals surface area (Å²) in [5.74, 6) is 0. The fraction of sp³-hybridized carbons (Fsp3) is 0.333. The molecule has 0 saturated heterocycles. The first-order valence-corrected chi connectivity index (χ1v) is 4.78. The lowest BCUT2D eigenvalue weighted by molar-refractivity contribution is -0.232. The number of alkyl halides is 3. The first-order chi connectivity index (χ1) is 7.24. The zero-order chi connectivity index (χ0) is 12.4. The standard InChI is InChI=1S/C12H13F3O/c1-9(10-6-4-3-5-7-10)8-11(2,16)12(13,14)15/h3-8,16H,1-2H3/b9-8+. The molecule has 0 aromatic heterocycles. The third-order valence-corrected chi connectivity index (χ3v) is 2.30. The highest BCUT2D eigenvalue weighted by atomic mass is 19.4. The van der Waals surface area contributed by atoms with Gasteiger partial charge in [0.1, 0.15) is 0 Å². The number of halogens is 3. The van der Waals surface area contributed by atoms with Gasteiger partial charge in [0.05, 0.1) is 0 Å². The molecule has 1 aromatic rings. The Hall–Kier alpha value is -1.29. The Morgan fingerprint density at radius 1 is 1.19 bits per heavy atom. The van der Waals surface area contributed by atoms with Crippen LogP contribution >= 0.6 is 0 Å². The SMILES string of the molecule is C/C(=C\C(C)(O)C(F)(F)F)c1ccccc1. The maximum atomic E-state index is 12.4. The maximum Gasteiger partial charge on any atom is 0.420 e. The number of rotatable bonds is 2. The van der Waals surface area contributed by atoms with Crippen LogP contribution in [0.15, 0.2) is 36.4 Å². The van der Waals surface area contributed by atoms with Crippen molar-refractivity contribution >= 4 is 5.57 Å². The number of hydrogen-bond donors (Lipinski definition) is 1. The second-order valence-electron chi connectivity index (χ2n) is 3.84. The molecule has 0 amide bonds. The van der Waals surface area contributed by atoms with E-state index in [-0.39, 0.29) is 0 Å². The van der Waals surface area contributed by atoms with Crippen LogP contribution in [-0.2, 0) is 0 Å². The molecule has 0 aliphatic heterocycles. The van der Waals surface area contributed by atoms with Gasteiger partial charge in [-0.15, -0.1) is 0 Å². The molecule has 1 nitrogen and oxygen atoms in total. The Morgan fingerprint density at radius 2 is 1.69 bits per heavy atom. The molecule has 0 saturated carbocycles. The van der Waals surface area contributed by atoms with Gasteiger partial charge in [0, 0.05) is 0 Å². The van der Waals surface area contributed by atoms with Crippen molar-refractivity contribution < 1.29 is 18.3 Å². The molecular weight excluding hydrogens is 217 g/mol. The van der Waals surface area contributed by atoms with Crippen molar-refractivity contribution in [3.63, 3.8) is 0 Å². The summed E-state index contributed by atoms with van der Waals surface area (Å²) in [6.45, 7) is 2.27. The Bertz CT molecular complexity index is 377. The van der Waals surface area contributed by atoms with Crippen molar-refractivity contribution in [1.29, 1.82) is 0 Å². The Balaban J connectivity index is 3.03. The van der Waals surface area contributed by atoms with Gasteiger partial charge in [-0.2, -0.15) is 13.2 Å². The molecule has 0 aliphatic rings. The second kappa shape index (κ2) is 4.29. The summed E-state index contributed by atoms with van der Waals surface area (Å²) < 4.78 is 37.2. The van der Waals surface area contributed by atoms with E-state index in [2.05, 4.69) is 0 Å². The largest absolute Gasteiger partial charge is 0.420 e. The summed E-state index contributed by atoms with van der Waals surface area (Å²) >= 11 is 0. The maximum absolute atomic E-state index is 12.4. The third-order valence-electron chi connectivity index (χ3n) is 2.30. The molecular formula is C12H13F3O. The van der Waals surface area contributed by atoms with Crippen LogP contribution in [0.4, 0.5) is 13.2 Å². The third kappa shape index (κ3) is 2.85. The molecule has 0 bridgehead atoms. The topological polar surface area (TPSA) is 20.2 Å². The van der Waals surface area contributed by atoms with Crippen molar-refractivity contribution in [2.24, 2.45) is 0 Å². The van der Waals surface area contributed by atoms with Crippen molar-refractivity contribution in [3.05, 3.63) is 42.0 Å². The number of benzene rings is 1. The normalized spacial score (nSPS) is 17.0. The molecule has 0 heterocycles. The summed E-state index contributed by atoms with van der Waals surface area (Å²) in [6, 6.07) is 8.62. The van der Waals surface area contributed by atoms with E-state index in [4.69, 9.17) is 0 Å². The van der Waals surface area contributed by atoms with Gasteiger partial charge in [-0.3, -0.25) is 0 Å². The lowest BCUT2D eigenvalue weighted by Crippen LogP contribution is -2.40. The van der Waals surface area contributed by atoms with Gasteiger partial charge in [-0.1, -0.05) is 30.3 Å². The van der Waals surface area contributed by atoms with Crippen molar-refractivity contribution in [3.8, 4) is 0 Å². The highest BCUT2D eigenvalue weighted by Gasteiger charge is 2.48. The first kappa shape index (κ1) is 12.8. The van der Waals surface area contributed by atoms with Gasteiger partial charge in [-0.25, -0.2) is 0 Å². The summed E-state index contributed by atoms with van der Waals surface area (Å²) in [5.41, 5.74) is -1.75. The van der Waals surface area contributed by atoms with E-state index < -0.39 is 11.8 Å². The van der Waals surface area contributed by atoms with Crippen LogP contribution in [0.3, 0.4) is 0 Å². The van der Waals surface area contributed by atoms with Gasteiger partial charge >= 0.3 is 6.18 Å². The van der Waals surface area contributed by atoms with E-state index in [0.29, 0.717) is 11.1 Å². The smallest absolute Gasteiger partial charge is 0.377 e. The highest BCUT2D eigenvalue weighted by Crippen LogP contribution is 2.33. The van der Waals surface area contributed by atoms with Crippen LogP contribution in [0.2, 0.25) is 0 Å².